The van der Waals surface area contributed by atoms with Crippen molar-refractivity contribution in [2.24, 2.45) is 0 Å². The van der Waals surface area contributed by atoms with Gasteiger partial charge in [-0.05, 0) is 47.9 Å². The van der Waals surface area contributed by atoms with Gasteiger partial charge in [-0.15, -0.1) is 0 Å². The second kappa shape index (κ2) is 7.54. The normalized spacial score (nSPS) is 18.3. The van der Waals surface area contributed by atoms with Crippen molar-refractivity contribution >= 4 is 26.0 Å². The molecular weight excluding hydrogens is 428 g/mol. The molecule has 7 heteroatoms. The Kier molecular flexibility index (Phi) is 5.29. The van der Waals surface area contributed by atoms with E-state index in [1.54, 1.807) is 22.5 Å². The molecule has 2 heterocycles. The Morgan fingerprint density at radius 1 is 1.07 bits per heavy atom. The van der Waals surface area contributed by atoms with Crippen molar-refractivity contribution in [1.82, 2.24) is 9.21 Å². The number of sulfonamides is 1. The van der Waals surface area contributed by atoms with Gasteiger partial charge in [0.25, 0.3) is 0 Å². The molecule has 0 saturated carbocycles. The number of aryl methyl sites for hydroxylation is 1. The molecule has 27 heavy (non-hydrogen) atoms. The minimum Gasteiger partial charge on any atom is -0.493 e. The van der Waals surface area contributed by atoms with Gasteiger partial charge in [-0.3, -0.25) is 4.90 Å². The van der Waals surface area contributed by atoms with E-state index in [1.807, 2.05) is 13.0 Å². The molecule has 1 fully saturated rings. The molecule has 2 aromatic carbocycles. The van der Waals surface area contributed by atoms with E-state index in [0.717, 1.165) is 48.4 Å². The van der Waals surface area contributed by atoms with E-state index in [9.17, 15) is 8.42 Å². The zero-order valence-corrected chi connectivity index (χ0v) is 17.7. The number of nitrogens with zero attached hydrogens (tertiary/aromatic N) is 2. The van der Waals surface area contributed by atoms with Crippen LogP contribution in [0.2, 0.25) is 0 Å². The maximum absolute atomic E-state index is 12.9. The molecule has 0 radical (unpaired) electrons. The Morgan fingerprint density at radius 3 is 2.59 bits per heavy atom. The molecule has 0 amide bonds. The van der Waals surface area contributed by atoms with E-state index in [-0.39, 0.29) is 0 Å². The van der Waals surface area contributed by atoms with Gasteiger partial charge in [-0.25, -0.2) is 8.42 Å². The smallest absolute Gasteiger partial charge is 0.243 e. The highest BCUT2D eigenvalue weighted by atomic mass is 79.9. The lowest BCUT2D eigenvalue weighted by Crippen LogP contribution is -2.48. The third-order valence-electron chi connectivity index (χ3n) is 5.26. The molecule has 0 bridgehead atoms. The largest absolute Gasteiger partial charge is 0.493 e. The van der Waals surface area contributed by atoms with E-state index in [4.69, 9.17) is 4.74 Å². The van der Waals surface area contributed by atoms with Crippen molar-refractivity contribution in [1.29, 1.82) is 0 Å². The Bertz CT molecular complexity index is 954. The molecule has 2 aromatic rings. The fourth-order valence-electron chi connectivity index (χ4n) is 3.65. The molecule has 0 unspecified atom stereocenters. The van der Waals surface area contributed by atoms with Gasteiger partial charge in [0.1, 0.15) is 5.75 Å². The van der Waals surface area contributed by atoms with Crippen molar-refractivity contribution in [2.75, 3.05) is 32.8 Å². The number of ether oxygens (including phenoxy) is 1. The number of benzene rings is 2. The molecule has 0 aliphatic carbocycles. The number of hydrogen-bond donors (Lipinski definition) is 0. The van der Waals surface area contributed by atoms with Crippen LogP contribution in [0.5, 0.6) is 5.75 Å². The quantitative estimate of drug-likeness (QED) is 0.717. The number of piperazine rings is 1. The summed E-state index contributed by atoms with van der Waals surface area (Å²) in [5, 5.41) is 0. The summed E-state index contributed by atoms with van der Waals surface area (Å²) in [6, 6.07) is 11.6. The van der Waals surface area contributed by atoms with E-state index < -0.39 is 10.0 Å². The van der Waals surface area contributed by atoms with Gasteiger partial charge in [0.15, 0.2) is 0 Å². The van der Waals surface area contributed by atoms with Crippen LogP contribution in [0.1, 0.15) is 16.7 Å². The predicted octanol–water partition coefficient (Wildman–Crippen LogP) is 3.20. The minimum absolute atomic E-state index is 0.371. The van der Waals surface area contributed by atoms with Crippen molar-refractivity contribution in [2.45, 2.75) is 24.8 Å². The second-order valence-corrected chi connectivity index (χ2v) is 9.92. The number of fused-ring (bicyclic) bond motifs is 1. The van der Waals surface area contributed by atoms with Crippen LogP contribution >= 0.6 is 15.9 Å². The third-order valence-corrected chi connectivity index (χ3v) is 8.04. The van der Waals surface area contributed by atoms with Gasteiger partial charge in [0.2, 0.25) is 10.0 Å². The first-order chi connectivity index (χ1) is 12.9. The van der Waals surface area contributed by atoms with E-state index in [0.29, 0.717) is 18.0 Å². The van der Waals surface area contributed by atoms with Gasteiger partial charge in [0, 0.05) is 43.6 Å². The van der Waals surface area contributed by atoms with Gasteiger partial charge < -0.3 is 4.74 Å². The summed E-state index contributed by atoms with van der Waals surface area (Å²) in [6.45, 7) is 6.04. The molecule has 5 nitrogen and oxygen atoms in total. The first kappa shape index (κ1) is 18.9. The van der Waals surface area contributed by atoms with E-state index in [1.165, 1.54) is 11.1 Å². The van der Waals surface area contributed by atoms with Crippen LogP contribution in [0, 0.1) is 6.92 Å². The van der Waals surface area contributed by atoms with Gasteiger partial charge in [-0.1, -0.05) is 28.1 Å². The van der Waals surface area contributed by atoms with Crippen LogP contribution in [0.4, 0.5) is 0 Å². The molecule has 0 N–H and O–H groups in total. The van der Waals surface area contributed by atoms with E-state index >= 15 is 0 Å². The summed E-state index contributed by atoms with van der Waals surface area (Å²) in [5.74, 6) is 0.999. The summed E-state index contributed by atoms with van der Waals surface area (Å²) >= 11 is 3.43. The molecule has 0 aromatic heterocycles. The highest BCUT2D eigenvalue weighted by molar-refractivity contribution is 9.10. The maximum atomic E-state index is 12.9. The lowest BCUT2D eigenvalue weighted by atomic mass is 10.1. The predicted molar refractivity (Wildman–Crippen MR) is 109 cm³/mol. The zero-order valence-electron chi connectivity index (χ0n) is 15.3. The Hall–Kier alpha value is -1.41. The van der Waals surface area contributed by atoms with Crippen LogP contribution in [-0.4, -0.2) is 50.4 Å². The molecule has 2 aliphatic rings. The summed E-state index contributed by atoms with van der Waals surface area (Å²) in [4.78, 5) is 2.69. The number of hydrogen-bond acceptors (Lipinski definition) is 4. The fraction of sp³-hybridized carbons (Fsp3) is 0.400. The van der Waals surface area contributed by atoms with E-state index in [2.05, 4.69) is 33.0 Å². The van der Waals surface area contributed by atoms with Gasteiger partial charge in [-0.2, -0.15) is 4.31 Å². The maximum Gasteiger partial charge on any atom is 0.243 e. The summed E-state index contributed by atoms with van der Waals surface area (Å²) in [5.41, 5.74) is 3.47. The average Bonchev–Trinajstić information content (AvgIpc) is 3.12. The van der Waals surface area contributed by atoms with Crippen molar-refractivity contribution in [3.05, 3.63) is 57.6 Å². The zero-order chi connectivity index (χ0) is 19.0. The summed E-state index contributed by atoms with van der Waals surface area (Å²) in [6.07, 6.45) is 0.974. The fourth-order valence-corrected chi connectivity index (χ4v) is 5.41. The van der Waals surface area contributed by atoms with Crippen LogP contribution in [0.15, 0.2) is 45.8 Å². The molecule has 144 valence electrons. The topological polar surface area (TPSA) is 49.9 Å². The summed E-state index contributed by atoms with van der Waals surface area (Å²) in [7, 11) is -3.44. The number of rotatable bonds is 4. The van der Waals surface area contributed by atoms with Crippen molar-refractivity contribution in [3.63, 3.8) is 0 Å². The van der Waals surface area contributed by atoms with Crippen molar-refractivity contribution < 1.29 is 13.2 Å². The molecule has 1 saturated heterocycles. The SMILES string of the molecule is Cc1cc(S(=O)(=O)N2CCN(Cc3ccc4c(c3)CCO4)CC2)ccc1Br. The second-order valence-electron chi connectivity index (χ2n) is 7.13. The first-order valence-corrected chi connectivity index (χ1v) is 11.4. The lowest BCUT2D eigenvalue weighted by Gasteiger charge is -2.34. The molecule has 0 atom stereocenters. The van der Waals surface area contributed by atoms with Crippen LogP contribution in [-0.2, 0) is 23.0 Å². The molecular formula is C20H23BrN2O3S. The molecule has 2 aliphatic heterocycles. The molecule has 4 rings (SSSR count). The van der Waals surface area contributed by atoms with Crippen LogP contribution in [0.3, 0.4) is 0 Å². The summed E-state index contributed by atoms with van der Waals surface area (Å²) < 4.78 is 33.9. The van der Waals surface area contributed by atoms with Gasteiger partial charge >= 0.3 is 0 Å². The highest BCUT2D eigenvalue weighted by Crippen LogP contribution is 2.27. The van der Waals surface area contributed by atoms with Crippen molar-refractivity contribution in [3.8, 4) is 5.75 Å². The Labute approximate surface area is 169 Å². The van der Waals surface area contributed by atoms with Crippen LogP contribution in [0.25, 0.3) is 0 Å². The standard InChI is InChI=1S/C20H23BrN2O3S/c1-15-12-18(3-4-19(15)21)27(24,25)23-9-7-22(8-10-23)14-16-2-5-20-17(13-16)6-11-26-20/h2-5,12-13H,6-11,14H2,1H3. The average molecular weight is 451 g/mol. The monoisotopic (exact) mass is 450 g/mol. The number of halogens is 1. The van der Waals surface area contributed by atoms with Gasteiger partial charge in [0.05, 0.1) is 11.5 Å². The third kappa shape index (κ3) is 3.92. The Balaban J connectivity index is 1.40. The highest BCUT2D eigenvalue weighted by Gasteiger charge is 2.28. The van der Waals surface area contributed by atoms with Crippen LogP contribution < -0.4 is 4.74 Å². The minimum atomic E-state index is -3.44. The lowest BCUT2D eigenvalue weighted by molar-refractivity contribution is 0.181. The first-order valence-electron chi connectivity index (χ1n) is 9.17. The molecule has 0 spiro atoms. The Morgan fingerprint density at radius 2 is 1.85 bits per heavy atom.